The monoisotopic (exact) mass is 446 g/mol. The molecule has 3 heterocycles. The molecule has 1 atom stereocenters. The van der Waals surface area contributed by atoms with Gasteiger partial charge in [-0.25, -0.2) is 4.98 Å². The van der Waals surface area contributed by atoms with Crippen LogP contribution >= 0.6 is 0 Å². The molecule has 0 aromatic carbocycles. The van der Waals surface area contributed by atoms with Crippen LogP contribution in [0, 0.1) is 0 Å². The molecule has 1 saturated heterocycles. The first-order valence-electron chi connectivity index (χ1n) is 11.6. The Morgan fingerprint density at radius 3 is 2.72 bits per heavy atom. The third-order valence-electron chi connectivity index (χ3n) is 6.15. The Kier molecular flexibility index (Phi) is 8.33. The van der Waals surface area contributed by atoms with E-state index in [0.717, 1.165) is 44.8 Å². The van der Waals surface area contributed by atoms with E-state index in [2.05, 4.69) is 20.1 Å². The number of β-amino-alcohol motifs (C(OH)–C–C–N with tert-alkyl or cyclic N) is 1. The fraction of sp³-hybridized carbons (Fsp3) is 0.652. The Labute approximate surface area is 188 Å². The second kappa shape index (κ2) is 11.6. The molecule has 2 fully saturated rings. The standard InChI is InChI=1S/C23H34N4O5/c28-19(15-30-16-20-7-4-12-31-20)13-26-8-10-27(11-9-26)14-22-25-21(17-32-22)23(29)24-18-5-2-1-3-6-18/h4,7,12,17-19,28H,1-3,5-6,8-11,13-16H2,(H,24,29). The Balaban J connectivity index is 1.13. The molecule has 0 bridgehead atoms. The van der Waals surface area contributed by atoms with Crippen LogP contribution in [-0.2, 0) is 17.9 Å². The van der Waals surface area contributed by atoms with E-state index in [9.17, 15) is 9.90 Å². The maximum atomic E-state index is 12.4. The van der Waals surface area contributed by atoms with Crippen LogP contribution in [-0.4, -0.2) is 77.3 Å². The Hall–Kier alpha value is -2.20. The predicted octanol–water partition coefficient (Wildman–Crippen LogP) is 2.03. The van der Waals surface area contributed by atoms with Crippen molar-refractivity contribution in [3.05, 3.63) is 42.0 Å². The summed E-state index contributed by atoms with van der Waals surface area (Å²) in [4.78, 5) is 21.3. The maximum Gasteiger partial charge on any atom is 0.273 e. The Morgan fingerprint density at radius 2 is 1.97 bits per heavy atom. The van der Waals surface area contributed by atoms with Crippen molar-refractivity contribution in [2.75, 3.05) is 39.3 Å². The van der Waals surface area contributed by atoms with Gasteiger partial charge >= 0.3 is 0 Å². The largest absolute Gasteiger partial charge is 0.467 e. The number of carbonyl (C=O) groups excluding carboxylic acids is 1. The zero-order chi connectivity index (χ0) is 22.2. The zero-order valence-electron chi connectivity index (χ0n) is 18.6. The summed E-state index contributed by atoms with van der Waals surface area (Å²) >= 11 is 0. The molecule has 32 heavy (non-hydrogen) atoms. The molecule has 1 saturated carbocycles. The molecule has 9 nitrogen and oxygen atoms in total. The lowest BCUT2D eigenvalue weighted by Crippen LogP contribution is -2.48. The molecule has 2 N–H and O–H groups in total. The number of hydrogen-bond donors (Lipinski definition) is 2. The van der Waals surface area contributed by atoms with Crippen LogP contribution < -0.4 is 5.32 Å². The molecule has 1 amide bonds. The number of aliphatic hydroxyl groups excluding tert-OH is 1. The number of nitrogens with zero attached hydrogens (tertiary/aromatic N) is 3. The normalized spacial score (nSPS) is 19.8. The molecule has 176 valence electrons. The highest BCUT2D eigenvalue weighted by Crippen LogP contribution is 2.18. The summed E-state index contributed by atoms with van der Waals surface area (Å²) in [5.74, 6) is 1.19. The summed E-state index contributed by atoms with van der Waals surface area (Å²) in [6, 6.07) is 3.93. The molecule has 0 spiro atoms. The minimum Gasteiger partial charge on any atom is -0.467 e. The average Bonchev–Trinajstić information content (AvgIpc) is 3.48. The summed E-state index contributed by atoms with van der Waals surface area (Å²) in [7, 11) is 0. The Morgan fingerprint density at radius 1 is 1.19 bits per heavy atom. The van der Waals surface area contributed by atoms with Crippen LogP contribution in [0.2, 0.25) is 0 Å². The van der Waals surface area contributed by atoms with E-state index in [4.69, 9.17) is 13.6 Å². The molecule has 2 aromatic rings. The molecule has 9 heteroatoms. The minimum atomic E-state index is -0.534. The average molecular weight is 447 g/mol. The van der Waals surface area contributed by atoms with E-state index in [1.54, 1.807) is 6.26 Å². The number of piperazine rings is 1. The number of nitrogens with one attached hydrogen (secondary N) is 1. The quantitative estimate of drug-likeness (QED) is 0.571. The highest BCUT2D eigenvalue weighted by molar-refractivity contribution is 5.92. The van der Waals surface area contributed by atoms with E-state index < -0.39 is 6.10 Å². The van der Waals surface area contributed by atoms with E-state index in [1.165, 1.54) is 25.5 Å². The number of carbonyl (C=O) groups is 1. The van der Waals surface area contributed by atoms with Crippen LogP contribution in [0.4, 0.5) is 0 Å². The second-order valence-corrected chi connectivity index (χ2v) is 8.76. The van der Waals surface area contributed by atoms with Crippen molar-refractivity contribution in [3.63, 3.8) is 0 Å². The van der Waals surface area contributed by atoms with Crippen molar-refractivity contribution in [1.82, 2.24) is 20.1 Å². The highest BCUT2D eigenvalue weighted by Gasteiger charge is 2.22. The van der Waals surface area contributed by atoms with Crippen LogP contribution in [0.15, 0.2) is 33.5 Å². The van der Waals surface area contributed by atoms with Crippen molar-refractivity contribution >= 4 is 5.91 Å². The number of furan rings is 1. The highest BCUT2D eigenvalue weighted by atomic mass is 16.5. The minimum absolute atomic E-state index is 0.139. The van der Waals surface area contributed by atoms with Gasteiger partial charge in [0, 0.05) is 38.8 Å². The van der Waals surface area contributed by atoms with Gasteiger partial charge in [0.1, 0.15) is 18.6 Å². The lowest BCUT2D eigenvalue weighted by atomic mass is 9.95. The van der Waals surface area contributed by atoms with Gasteiger partial charge in [-0.1, -0.05) is 19.3 Å². The summed E-state index contributed by atoms with van der Waals surface area (Å²) in [5.41, 5.74) is 0.363. The molecule has 2 aromatic heterocycles. The number of hydrogen-bond acceptors (Lipinski definition) is 8. The van der Waals surface area contributed by atoms with E-state index >= 15 is 0 Å². The number of aliphatic hydroxyl groups is 1. The van der Waals surface area contributed by atoms with Crippen LogP contribution in [0.5, 0.6) is 0 Å². The van der Waals surface area contributed by atoms with Gasteiger partial charge in [-0.05, 0) is 25.0 Å². The first-order valence-corrected chi connectivity index (χ1v) is 11.6. The molecule has 0 radical (unpaired) electrons. The van der Waals surface area contributed by atoms with Gasteiger partial charge in [-0.15, -0.1) is 0 Å². The van der Waals surface area contributed by atoms with Gasteiger partial charge < -0.3 is 24.0 Å². The van der Waals surface area contributed by atoms with E-state index in [0.29, 0.717) is 31.3 Å². The third kappa shape index (κ3) is 6.90. The molecule has 1 aliphatic heterocycles. The van der Waals surface area contributed by atoms with E-state index in [1.807, 2.05) is 12.1 Å². The number of oxazole rings is 1. The molecule has 1 aliphatic carbocycles. The summed E-state index contributed by atoms with van der Waals surface area (Å²) < 4.78 is 16.3. The van der Waals surface area contributed by atoms with Crippen molar-refractivity contribution in [2.45, 2.75) is 57.4 Å². The number of amides is 1. The van der Waals surface area contributed by atoms with E-state index in [-0.39, 0.29) is 18.6 Å². The molecular weight excluding hydrogens is 412 g/mol. The maximum absolute atomic E-state index is 12.4. The first-order chi connectivity index (χ1) is 15.7. The van der Waals surface area contributed by atoms with Gasteiger partial charge in [0.05, 0.1) is 25.5 Å². The Bertz CT molecular complexity index is 810. The molecule has 2 aliphatic rings. The van der Waals surface area contributed by atoms with Crippen molar-refractivity contribution in [2.24, 2.45) is 0 Å². The molecule has 4 rings (SSSR count). The molecule has 1 unspecified atom stereocenters. The van der Waals surface area contributed by atoms with Gasteiger partial charge in [0.15, 0.2) is 5.69 Å². The number of ether oxygens (including phenoxy) is 1. The zero-order valence-corrected chi connectivity index (χ0v) is 18.6. The smallest absolute Gasteiger partial charge is 0.273 e. The number of rotatable bonds is 10. The summed E-state index contributed by atoms with van der Waals surface area (Å²) in [5, 5.41) is 13.3. The lowest BCUT2D eigenvalue weighted by molar-refractivity contribution is -0.00353. The van der Waals surface area contributed by atoms with Crippen LogP contribution in [0.1, 0.15) is 54.2 Å². The lowest BCUT2D eigenvalue weighted by Gasteiger charge is -2.34. The van der Waals surface area contributed by atoms with Gasteiger partial charge in [0.25, 0.3) is 5.91 Å². The van der Waals surface area contributed by atoms with Crippen LogP contribution in [0.25, 0.3) is 0 Å². The summed E-state index contributed by atoms with van der Waals surface area (Å²) in [6.07, 6.45) is 8.24. The topological polar surface area (TPSA) is 104 Å². The molecular formula is C23H34N4O5. The SMILES string of the molecule is O=C(NC1CCCCC1)c1coc(CN2CCN(CC(O)COCc3ccco3)CC2)n1. The fourth-order valence-corrected chi connectivity index (χ4v) is 4.36. The van der Waals surface area contributed by atoms with Gasteiger partial charge in [-0.2, -0.15) is 0 Å². The second-order valence-electron chi connectivity index (χ2n) is 8.76. The van der Waals surface area contributed by atoms with Crippen molar-refractivity contribution in [3.8, 4) is 0 Å². The third-order valence-corrected chi connectivity index (χ3v) is 6.15. The summed E-state index contributed by atoms with van der Waals surface area (Å²) in [6.45, 7) is 5.22. The first kappa shape index (κ1) is 23.0. The van der Waals surface area contributed by atoms with Crippen molar-refractivity contribution in [1.29, 1.82) is 0 Å². The van der Waals surface area contributed by atoms with Gasteiger partial charge in [-0.3, -0.25) is 14.6 Å². The van der Waals surface area contributed by atoms with Crippen molar-refractivity contribution < 1.29 is 23.5 Å². The fourth-order valence-electron chi connectivity index (χ4n) is 4.36. The number of aromatic nitrogens is 1. The predicted molar refractivity (Wildman–Crippen MR) is 117 cm³/mol. The van der Waals surface area contributed by atoms with Crippen LogP contribution in [0.3, 0.4) is 0 Å². The van der Waals surface area contributed by atoms with Gasteiger partial charge in [0.2, 0.25) is 5.89 Å².